The van der Waals surface area contributed by atoms with Crippen LogP contribution in [0.1, 0.15) is 39.5 Å². The van der Waals surface area contributed by atoms with E-state index in [1.54, 1.807) is 6.92 Å². The van der Waals surface area contributed by atoms with Gasteiger partial charge < -0.3 is 5.32 Å². The molecule has 2 nitrogen and oxygen atoms in total. The summed E-state index contributed by atoms with van der Waals surface area (Å²) in [4.78, 5) is 11.3. The Hall–Kier alpha value is -0.180. The minimum atomic E-state index is -0.186. The molecule has 0 spiro atoms. The molecule has 1 aliphatic rings. The Morgan fingerprint density at radius 2 is 2.25 bits per heavy atom. The van der Waals surface area contributed by atoms with E-state index in [-0.39, 0.29) is 16.7 Å². The zero-order chi connectivity index (χ0) is 9.19. The number of thiol groups is 1. The van der Waals surface area contributed by atoms with Crippen LogP contribution in [0.5, 0.6) is 0 Å². The van der Waals surface area contributed by atoms with Crippen molar-refractivity contribution < 1.29 is 4.79 Å². The molecule has 12 heavy (non-hydrogen) atoms. The molecule has 0 aromatic carbocycles. The molecule has 0 heterocycles. The Balaban J connectivity index is 2.43. The SMILES string of the molecule is CCC1(NC(=O)C(C)S)CCC1. The summed E-state index contributed by atoms with van der Waals surface area (Å²) < 4.78 is 0. The molecular weight excluding hydrogens is 170 g/mol. The monoisotopic (exact) mass is 187 g/mol. The van der Waals surface area contributed by atoms with Crippen LogP contribution in [0.4, 0.5) is 0 Å². The summed E-state index contributed by atoms with van der Waals surface area (Å²) in [5.74, 6) is 0.0693. The third kappa shape index (κ3) is 1.94. The molecule has 1 fully saturated rings. The Morgan fingerprint density at radius 3 is 2.50 bits per heavy atom. The number of carbonyl (C=O) groups excluding carboxylic acids is 1. The van der Waals surface area contributed by atoms with E-state index in [0.29, 0.717) is 0 Å². The highest BCUT2D eigenvalue weighted by atomic mass is 32.1. The zero-order valence-electron chi connectivity index (χ0n) is 7.76. The maximum atomic E-state index is 11.3. The lowest BCUT2D eigenvalue weighted by Crippen LogP contribution is -2.54. The van der Waals surface area contributed by atoms with E-state index in [1.165, 1.54) is 6.42 Å². The average Bonchev–Trinajstić information content (AvgIpc) is 1.96. The van der Waals surface area contributed by atoms with Gasteiger partial charge in [-0.2, -0.15) is 12.6 Å². The van der Waals surface area contributed by atoms with E-state index in [0.717, 1.165) is 19.3 Å². The van der Waals surface area contributed by atoms with Crippen LogP contribution in [0.25, 0.3) is 0 Å². The first-order valence-electron chi connectivity index (χ1n) is 4.60. The quantitative estimate of drug-likeness (QED) is 0.648. The van der Waals surface area contributed by atoms with E-state index in [9.17, 15) is 4.79 Å². The molecule has 1 rings (SSSR count). The lowest BCUT2D eigenvalue weighted by molar-refractivity contribution is -0.123. The van der Waals surface area contributed by atoms with E-state index < -0.39 is 0 Å². The van der Waals surface area contributed by atoms with Crippen molar-refractivity contribution in [1.82, 2.24) is 5.32 Å². The standard InChI is InChI=1S/C9H17NOS/c1-3-9(5-4-6-9)10-8(11)7(2)12/h7,12H,3-6H2,1-2H3,(H,10,11). The number of rotatable bonds is 3. The van der Waals surface area contributed by atoms with Crippen molar-refractivity contribution >= 4 is 18.5 Å². The number of hydrogen-bond donors (Lipinski definition) is 2. The normalized spacial score (nSPS) is 22.6. The summed E-state index contributed by atoms with van der Waals surface area (Å²) >= 11 is 4.09. The molecule has 1 unspecified atom stereocenters. The van der Waals surface area contributed by atoms with Crippen LogP contribution >= 0.6 is 12.6 Å². The number of hydrogen-bond acceptors (Lipinski definition) is 2. The minimum absolute atomic E-state index is 0.0693. The van der Waals surface area contributed by atoms with Crippen LogP contribution in [0.2, 0.25) is 0 Å². The smallest absolute Gasteiger partial charge is 0.232 e. The summed E-state index contributed by atoms with van der Waals surface area (Å²) in [6, 6.07) is 0. The van der Waals surface area contributed by atoms with Gasteiger partial charge >= 0.3 is 0 Å². The summed E-state index contributed by atoms with van der Waals surface area (Å²) in [6.07, 6.45) is 4.56. The Labute approximate surface area is 79.5 Å². The van der Waals surface area contributed by atoms with Crippen molar-refractivity contribution in [3.63, 3.8) is 0 Å². The second-order valence-electron chi connectivity index (χ2n) is 3.65. The first kappa shape index (κ1) is 9.90. The van der Waals surface area contributed by atoms with Gasteiger partial charge in [0.25, 0.3) is 0 Å². The summed E-state index contributed by atoms with van der Waals surface area (Å²) in [6.45, 7) is 3.93. The number of nitrogens with one attached hydrogen (secondary N) is 1. The van der Waals surface area contributed by atoms with E-state index >= 15 is 0 Å². The predicted octanol–water partition coefficient (Wildman–Crippen LogP) is 1.75. The minimum Gasteiger partial charge on any atom is -0.350 e. The first-order chi connectivity index (χ1) is 5.59. The molecule has 0 bridgehead atoms. The van der Waals surface area contributed by atoms with E-state index in [2.05, 4.69) is 24.9 Å². The van der Waals surface area contributed by atoms with Gasteiger partial charge in [-0.3, -0.25) is 4.79 Å². The largest absolute Gasteiger partial charge is 0.350 e. The fourth-order valence-corrected chi connectivity index (χ4v) is 1.60. The molecule has 0 aliphatic heterocycles. The van der Waals surface area contributed by atoms with Crippen LogP contribution < -0.4 is 5.32 Å². The molecule has 3 heteroatoms. The van der Waals surface area contributed by atoms with Gasteiger partial charge in [-0.15, -0.1) is 0 Å². The van der Waals surface area contributed by atoms with Crippen molar-refractivity contribution in [2.24, 2.45) is 0 Å². The first-order valence-corrected chi connectivity index (χ1v) is 5.11. The Morgan fingerprint density at radius 1 is 1.67 bits per heavy atom. The van der Waals surface area contributed by atoms with Gasteiger partial charge in [-0.25, -0.2) is 0 Å². The summed E-state index contributed by atoms with van der Waals surface area (Å²) in [5.41, 5.74) is 0.119. The number of amides is 1. The highest BCUT2D eigenvalue weighted by Crippen LogP contribution is 2.34. The fraction of sp³-hybridized carbons (Fsp3) is 0.889. The highest BCUT2D eigenvalue weighted by molar-refractivity contribution is 7.81. The molecular formula is C9H17NOS. The van der Waals surface area contributed by atoms with Crippen LogP contribution in [-0.2, 0) is 4.79 Å². The van der Waals surface area contributed by atoms with Crippen molar-refractivity contribution in [3.05, 3.63) is 0 Å². The lowest BCUT2D eigenvalue weighted by atomic mass is 9.75. The Kier molecular flexibility index (Phi) is 3.04. The van der Waals surface area contributed by atoms with Crippen molar-refractivity contribution in [2.75, 3.05) is 0 Å². The topological polar surface area (TPSA) is 29.1 Å². The van der Waals surface area contributed by atoms with Crippen LogP contribution in [0, 0.1) is 0 Å². The third-order valence-corrected chi connectivity index (χ3v) is 2.99. The summed E-state index contributed by atoms with van der Waals surface area (Å²) in [5, 5.41) is 2.88. The van der Waals surface area contributed by atoms with Crippen molar-refractivity contribution in [2.45, 2.75) is 50.3 Å². The van der Waals surface area contributed by atoms with Crippen molar-refractivity contribution in [1.29, 1.82) is 0 Å². The maximum Gasteiger partial charge on any atom is 0.232 e. The van der Waals surface area contributed by atoms with E-state index in [1.807, 2.05) is 0 Å². The fourth-order valence-electron chi connectivity index (χ4n) is 1.54. The van der Waals surface area contributed by atoms with Gasteiger partial charge in [-0.1, -0.05) is 6.92 Å². The van der Waals surface area contributed by atoms with Gasteiger partial charge in [0.05, 0.1) is 5.25 Å². The zero-order valence-corrected chi connectivity index (χ0v) is 8.66. The molecule has 1 atom stereocenters. The highest BCUT2D eigenvalue weighted by Gasteiger charge is 2.36. The Bertz CT molecular complexity index is 170. The molecule has 0 aromatic heterocycles. The average molecular weight is 187 g/mol. The van der Waals surface area contributed by atoms with Crippen LogP contribution in [0.3, 0.4) is 0 Å². The number of carbonyl (C=O) groups is 1. The lowest BCUT2D eigenvalue weighted by Gasteiger charge is -2.42. The molecule has 1 amide bonds. The van der Waals surface area contributed by atoms with Crippen molar-refractivity contribution in [3.8, 4) is 0 Å². The van der Waals surface area contributed by atoms with Gasteiger partial charge in [0.15, 0.2) is 0 Å². The molecule has 1 aliphatic carbocycles. The second kappa shape index (κ2) is 3.69. The molecule has 0 radical (unpaired) electrons. The van der Waals surface area contributed by atoms with Gasteiger partial charge in [0.1, 0.15) is 0 Å². The van der Waals surface area contributed by atoms with Gasteiger partial charge in [-0.05, 0) is 32.6 Å². The second-order valence-corrected chi connectivity index (χ2v) is 4.43. The van der Waals surface area contributed by atoms with Gasteiger partial charge in [0, 0.05) is 5.54 Å². The van der Waals surface area contributed by atoms with Crippen LogP contribution in [0.15, 0.2) is 0 Å². The molecule has 70 valence electrons. The molecule has 1 N–H and O–H groups in total. The third-order valence-electron chi connectivity index (χ3n) is 2.76. The molecule has 0 saturated heterocycles. The summed E-state index contributed by atoms with van der Waals surface area (Å²) in [7, 11) is 0. The van der Waals surface area contributed by atoms with Gasteiger partial charge in [0.2, 0.25) is 5.91 Å². The van der Waals surface area contributed by atoms with E-state index in [4.69, 9.17) is 0 Å². The maximum absolute atomic E-state index is 11.3. The molecule has 1 saturated carbocycles. The molecule has 0 aromatic rings. The predicted molar refractivity (Wildman–Crippen MR) is 53.5 cm³/mol. The van der Waals surface area contributed by atoms with Crippen LogP contribution in [-0.4, -0.2) is 16.7 Å².